The summed E-state index contributed by atoms with van der Waals surface area (Å²) in [7, 11) is -3.89. The van der Waals surface area contributed by atoms with Gasteiger partial charge in [-0.2, -0.15) is 0 Å². The second-order valence-electron chi connectivity index (χ2n) is 10.4. The van der Waals surface area contributed by atoms with Crippen LogP contribution >= 0.6 is 23.2 Å². The van der Waals surface area contributed by atoms with E-state index in [-0.39, 0.29) is 40.6 Å². The highest BCUT2D eigenvalue weighted by Gasteiger charge is 2.34. The SMILES string of the molecule is CS(=O)(=O)N(CC(=O)N(Cc1ccccc1)[C@@H](Cc1ccccc1)C(=O)NC1CCCCC1)c1ccc(Cl)c(Cl)c1. The van der Waals surface area contributed by atoms with E-state index < -0.39 is 28.5 Å². The number of nitrogens with zero attached hydrogens (tertiary/aromatic N) is 2. The summed E-state index contributed by atoms with van der Waals surface area (Å²) in [5.41, 5.74) is 1.93. The third kappa shape index (κ3) is 8.71. The van der Waals surface area contributed by atoms with Crippen LogP contribution in [0.5, 0.6) is 0 Å². The topological polar surface area (TPSA) is 86.8 Å². The van der Waals surface area contributed by atoms with Crippen LogP contribution in [-0.2, 0) is 32.6 Å². The molecule has 0 unspecified atom stereocenters. The number of benzene rings is 3. The molecular formula is C31H35Cl2N3O4S. The van der Waals surface area contributed by atoms with Crippen molar-refractivity contribution in [2.24, 2.45) is 0 Å². The number of carbonyl (C=O) groups is 2. The molecule has 0 spiro atoms. The molecule has 7 nitrogen and oxygen atoms in total. The van der Waals surface area contributed by atoms with E-state index >= 15 is 0 Å². The van der Waals surface area contributed by atoms with Gasteiger partial charge in [0.1, 0.15) is 12.6 Å². The number of anilines is 1. The van der Waals surface area contributed by atoms with Crippen molar-refractivity contribution in [3.8, 4) is 0 Å². The molecule has 1 N–H and O–H groups in total. The lowest BCUT2D eigenvalue weighted by Crippen LogP contribution is -2.55. The predicted octanol–water partition coefficient (Wildman–Crippen LogP) is 5.85. The molecule has 1 fully saturated rings. The molecule has 1 atom stereocenters. The number of nitrogens with one attached hydrogen (secondary N) is 1. The van der Waals surface area contributed by atoms with Crippen LogP contribution in [0.25, 0.3) is 0 Å². The fraction of sp³-hybridized carbons (Fsp3) is 0.355. The van der Waals surface area contributed by atoms with E-state index in [0.29, 0.717) is 0 Å². The maximum Gasteiger partial charge on any atom is 0.244 e. The summed E-state index contributed by atoms with van der Waals surface area (Å²) < 4.78 is 26.8. The first-order valence-electron chi connectivity index (χ1n) is 13.7. The maximum absolute atomic E-state index is 14.1. The van der Waals surface area contributed by atoms with Gasteiger partial charge in [-0.05, 0) is 42.2 Å². The van der Waals surface area contributed by atoms with Crippen LogP contribution in [0.2, 0.25) is 10.0 Å². The van der Waals surface area contributed by atoms with Crippen LogP contribution in [0.15, 0.2) is 78.9 Å². The standard InChI is InChI=1S/C31H35Cl2N3O4S/c1-41(39,40)36(26-17-18-27(32)28(33)20-26)22-30(37)35(21-24-13-7-3-8-14-24)29(19-23-11-5-2-6-12-23)31(38)34-25-15-9-4-10-16-25/h2-3,5-8,11-14,17-18,20,25,29H,4,9-10,15-16,19,21-22H2,1H3,(H,34,38)/t29-/m0/s1. The molecule has 1 aliphatic rings. The highest BCUT2D eigenvalue weighted by molar-refractivity contribution is 7.92. The fourth-order valence-electron chi connectivity index (χ4n) is 5.13. The average molecular weight is 617 g/mol. The lowest BCUT2D eigenvalue weighted by atomic mass is 9.94. The molecule has 4 rings (SSSR count). The zero-order chi connectivity index (χ0) is 29.4. The van der Waals surface area contributed by atoms with Crippen molar-refractivity contribution in [2.45, 2.75) is 57.2 Å². The molecule has 0 radical (unpaired) electrons. The Morgan fingerprint density at radius 2 is 1.49 bits per heavy atom. The van der Waals surface area contributed by atoms with Crippen LogP contribution < -0.4 is 9.62 Å². The van der Waals surface area contributed by atoms with Crippen LogP contribution in [0.3, 0.4) is 0 Å². The van der Waals surface area contributed by atoms with Crippen LogP contribution in [-0.4, -0.2) is 50.0 Å². The van der Waals surface area contributed by atoms with Crippen LogP contribution in [0.1, 0.15) is 43.2 Å². The van der Waals surface area contributed by atoms with Gasteiger partial charge in [0, 0.05) is 19.0 Å². The van der Waals surface area contributed by atoms with Crippen molar-refractivity contribution < 1.29 is 18.0 Å². The third-order valence-corrected chi connectivity index (χ3v) is 9.17. The largest absolute Gasteiger partial charge is 0.352 e. The second-order valence-corrected chi connectivity index (χ2v) is 13.1. The highest BCUT2D eigenvalue weighted by Crippen LogP contribution is 2.29. The minimum Gasteiger partial charge on any atom is -0.352 e. The number of rotatable bonds is 11. The Kier molecular flexibility index (Phi) is 10.7. The van der Waals surface area contributed by atoms with Crippen molar-refractivity contribution in [3.05, 3.63) is 100 Å². The van der Waals surface area contributed by atoms with Gasteiger partial charge in [0.25, 0.3) is 0 Å². The Bertz CT molecular complexity index is 1430. The third-order valence-electron chi connectivity index (χ3n) is 7.29. The van der Waals surface area contributed by atoms with Gasteiger partial charge in [0.05, 0.1) is 22.0 Å². The Morgan fingerprint density at radius 3 is 2.07 bits per heavy atom. The van der Waals surface area contributed by atoms with Gasteiger partial charge in [0.2, 0.25) is 21.8 Å². The van der Waals surface area contributed by atoms with E-state index in [0.717, 1.165) is 53.8 Å². The number of sulfonamides is 1. The first kappa shape index (κ1) is 30.9. The summed E-state index contributed by atoms with van der Waals surface area (Å²) in [6, 6.07) is 22.5. The number of amides is 2. The lowest BCUT2D eigenvalue weighted by molar-refractivity contribution is -0.140. The Labute approximate surface area is 252 Å². The van der Waals surface area contributed by atoms with E-state index in [1.807, 2.05) is 60.7 Å². The highest BCUT2D eigenvalue weighted by atomic mass is 35.5. The minimum absolute atomic E-state index is 0.0481. The molecule has 0 bridgehead atoms. The summed E-state index contributed by atoms with van der Waals surface area (Å²) in [5.74, 6) is -0.754. The second kappa shape index (κ2) is 14.2. The van der Waals surface area contributed by atoms with Crippen molar-refractivity contribution in [1.29, 1.82) is 0 Å². The zero-order valence-electron chi connectivity index (χ0n) is 23.0. The van der Waals surface area contributed by atoms with E-state index in [1.165, 1.54) is 23.1 Å². The van der Waals surface area contributed by atoms with Crippen molar-refractivity contribution in [3.63, 3.8) is 0 Å². The van der Waals surface area contributed by atoms with Crippen LogP contribution in [0.4, 0.5) is 5.69 Å². The molecular weight excluding hydrogens is 581 g/mol. The Morgan fingerprint density at radius 1 is 0.878 bits per heavy atom. The zero-order valence-corrected chi connectivity index (χ0v) is 25.3. The summed E-state index contributed by atoms with van der Waals surface area (Å²) >= 11 is 12.2. The molecule has 1 aliphatic carbocycles. The summed E-state index contributed by atoms with van der Waals surface area (Å²) in [6.45, 7) is -0.375. The van der Waals surface area contributed by atoms with Gasteiger partial charge in [-0.15, -0.1) is 0 Å². The number of hydrogen-bond donors (Lipinski definition) is 1. The minimum atomic E-state index is -3.89. The summed E-state index contributed by atoms with van der Waals surface area (Å²) in [5, 5.41) is 3.63. The molecule has 3 aromatic carbocycles. The first-order chi connectivity index (χ1) is 19.6. The van der Waals surface area contributed by atoms with Gasteiger partial charge < -0.3 is 10.2 Å². The monoisotopic (exact) mass is 615 g/mol. The van der Waals surface area contributed by atoms with Gasteiger partial charge in [-0.25, -0.2) is 8.42 Å². The Hall–Kier alpha value is -3.07. The van der Waals surface area contributed by atoms with Crippen LogP contribution in [0, 0.1) is 0 Å². The van der Waals surface area contributed by atoms with Crippen molar-refractivity contribution >= 4 is 50.7 Å². The molecule has 0 aromatic heterocycles. The van der Waals surface area contributed by atoms with Gasteiger partial charge >= 0.3 is 0 Å². The van der Waals surface area contributed by atoms with Crippen molar-refractivity contribution in [2.75, 3.05) is 17.1 Å². The smallest absolute Gasteiger partial charge is 0.244 e. The molecule has 0 heterocycles. The van der Waals surface area contributed by atoms with Gasteiger partial charge in [0.15, 0.2) is 0 Å². The number of carbonyl (C=O) groups excluding carboxylic acids is 2. The lowest BCUT2D eigenvalue weighted by Gasteiger charge is -2.35. The molecule has 1 saturated carbocycles. The molecule has 10 heteroatoms. The van der Waals surface area contributed by atoms with E-state index in [2.05, 4.69) is 5.32 Å². The Balaban J connectivity index is 1.71. The van der Waals surface area contributed by atoms with Gasteiger partial charge in [-0.1, -0.05) is 103 Å². The number of halogens is 2. The number of hydrogen-bond acceptors (Lipinski definition) is 4. The molecule has 2 amide bonds. The molecule has 0 aliphatic heterocycles. The van der Waals surface area contributed by atoms with E-state index in [4.69, 9.17) is 23.2 Å². The fourth-order valence-corrected chi connectivity index (χ4v) is 6.27. The summed E-state index contributed by atoms with van der Waals surface area (Å²) in [6.07, 6.45) is 6.35. The molecule has 3 aromatic rings. The summed E-state index contributed by atoms with van der Waals surface area (Å²) in [4.78, 5) is 29.6. The van der Waals surface area contributed by atoms with Crippen molar-refractivity contribution in [1.82, 2.24) is 10.2 Å². The maximum atomic E-state index is 14.1. The molecule has 0 saturated heterocycles. The van der Waals surface area contributed by atoms with E-state index in [1.54, 1.807) is 0 Å². The van der Waals surface area contributed by atoms with Gasteiger partial charge in [-0.3, -0.25) is 13.9 Å². The normalized spacial score (nSPS) is 14.7. The first-order valence-corrected chi connectivity index (χ1v) is 16.3. The predicted molar refractivity (Wildman–Crippen MR) is 165 cm³/mol. The van der Waals surface area contributed by atoms with E-state index in [9.17, 15) is 18.0 Å². The quantitative estimate of drug-likeness (QED) is 0.293. The molecule has 218 valence electrons. The molecule has 41 heavy (non-hydrogen) atoms. The average Bonchev–Trinajstić information content (AvgIpc) is 2.96.